The van der Waals surface area contributed by atoms with E-state index in [1.165, 1.54) is 4.90 Å². The number of carbonyl (C=O) groups is 2. The first kappa shape index (κ1) is 34.2. The molecule has 1 fully saturated rings. The molecule has 250 valence electrons. The predicted octanol–water partition coefficient (Wildman–Crippen LogP) is 6.23. The summed E-state index contributed by atoms with van der Waals surface area (Å²) >= 11 is 0. The second-order valence-electron chi connectivity index (χ2n) is 12.3. The number of carbonyl (C=O) groups excluding carboxylic acids is 2. The van der Waals surface area contributed by atoms with Crippen molar-refractivity contribution in [3.05, 3.63) is 78.0 Å². The van der Waals surface area contributed by atoms with Crippen molar-refractivity contribution in [3.63, 3.8) is 0 Å². The van der Waals surface area contributed by atoms with E-state index in [2.05, 4.69) is 16.3 Å². The minimum absolute atomic E-state index is 0.138. The number of fused-ring (bicyclic) bond motifs is 2. The van der Waals surface area contributed by atoms with Gasteiger partial charge in [-0.05, 0) is 67.3 Å². The Morgan fingerprint density at radius 3 is 2.19 bits per heavy atom. The molecule has 47 heavy (non-hydrogen) atoms. The van der Waals surface area contributed by atoms with E-state index < -0.39 is 55.3 Å². The number of benzene rings is 3. The highest BCUT2D eigenvalue weighted by Crippen LogP contribution is 2.47. The number of likely N-dealkylation sites (tertiary alicyclic amines) is 1. The van der Waals surface area contributed by atoms with E-state index >= 15 is 0 Å². The predicted molar refractivity (Wildman–Crippen MR) is 170 cm³/mol. The number of aromatic nitrogens is 1. The van der Waals surface area contributed by atoms with Crippen LogP contribution in [0, 0.1) is 5.41 Å². The van der Waals surface area contributed by atoms with Crippen molar-refractivity contribution in [1.29, 1.82) is 0 Å². The van der Waals surface area contributed by atoms with Crippen LogP contribution >= 0.6 is 0 Å². The van der Waals surface area contributed by atoms with Crippen LogP contribution in [-0.4, -0.2) is 86.1 Å². The second-order valence-corrected chi connectivity index (χ2v) is 12.3. The Hall–Kier alpha value is -4.16. The minimum atomic E-state index is -4.96. The third kappa shape index (κ3) is 7.08. The molecule has 0 bridgehead atoms. The lowest BCUT2D eigenvalue weighted by Crippen LogP contribution is -2.59. The number of hydrogen-bond acceptors (Lipinski definition) is 6. The van der Waals surface area contributed by atoms with Gasteiger partial charge in [0, 0.05) is 30.1 Å². The van der Waals surface area contributed by atoms with Gasteiger partial charge in [0.1, 0.15) is 11.5 Å². The molecule has 0 aliphatic carbocycles. The summed E-state index contributed by atoms with van der Waals surface area (Å²) in [5.41, 5.74) is 0.454. The first-order valence-electron chi connectivity index (χ1n) is 15.3. The van der Waals surface area contributed by atoms with E-state index in [-0.39, 0.29) is 19.5 Å². The number of halogens is 5. The maximum absolute atomic E-state index is 14.5. The van der Waals surface area contributed by atoms with Crippen molar-refractivity contribution in [2.45, 2.75) is 44.5 Å². The van der Waals surface area contributed by atoms with Gasteiger partial charge in [0.25, 0.3) is 6.43 Å². The summed E-state index contributed by atoms with van der Waals surface area (Å²) in [6.45, 7) is -0.622. The lowest BCUT2D eigenvalue weighted by atomic mass is 9.76. The van der Waals surface area contributed by atoms with Gasteiger partial charge < -0.3 is 15.0 Å². The zero-order valence-corrected chi connectivity index (χ0v) is 26.4. The number of ether oxygens (including phenoxy) is 1. The lowest BCUT2D eigenvalue weighted by Gasteiger charge is -2.41. The standard InChI is InChI=1S/C35H37F5N4O3/c1-43(2)20-23-19-41-31(27-10-5-4-9-25(23)27)28-13-7-11-24-22(8-6-12-26(24)28)18-29(32(45)47-3)42-33(46)34(35(38,39)40)14-16-44(17-15-34)21-30(36)37/h4-13,19,29-30H,14-18,20-21H2,1-3H3,(H,42,46)/t29-/m0/s1. The van der Waals surface area contributed by atoms with Crippen molar-refractivity contribution >= 4 is 33.4 Å². The van der Waals surface area contributed by atoms with Crippen molar-refractivity contribution in [2.24, 2.45) is 5.41 Å². The highest BCUT2D eigenvalue weighted by atomic mass is 19.4. The van der Waals surface area contributed by atoms with Gasteiger partial charge in [0.15, 0.2) is 0 Å². The molecule has 0 unspecified atom stereocenters. The first-order valence-corrected chi connectivity index (χ1v) is 15.3. The highest BCUT2D eigenvalue weighted by molar-refractivity contribution is 6.05. The van der Waals surface area contributed by atoms with E-state index in [0.717, 1.165) is 45.5 Å². The summed E-state index contributed by atoms with van der Waals surface area (Å²) in [7, 11) is 5.07. The van der Waals surface area contributed by atoms with Gasteiger partial charge in [-0.15, -0.1) is 0 Å². The number of pyridine rings is 1. The molecule has 2 heterocycles. The van der Waals surface area contributed by atoms with Crippen LogP contribution in [0.5, 0.6) is 0 Å². The van der Waals surface area contributed by atoms with Crippen LogP contribution in [-0.2, 0) is 27.3 Å². The van der Waals surface area contributed by atoms with Crippen molar-refractivity contribution in [2.75, 3.05) is 40.8 Å². The maximum atomic E-state index is 14.5. The van der Waals surface area contributed by atoms with Gasteiger partial charge in [-0.25, -0.2) is 13.6 Å². The topological polar surface area (TPSA) is 74.8 Å². The molecule has 12 heteroatoms. The molecule has 1 N–H and O–H groups in total. The van der Waals surface area contributed by atoms with Gasteiger partial charge in [-0.1, -0.05) is 60.7 Å². The number of nitrogens with zero attached hydrogens (tertiary/aromatic N) is 3. The SMILES string of the molecule is COC(=O)[C@H](Cc1cccc2c(-c3ncc(CN(C)C)c4ccccc34)cccc12)NC(=O)C1(C(F)(F)F)CCN(CC(F)F)CC1. The largest absolute Gasteiger partial charge is 0.467 e. The molecule has 1 aliphatic heterocycles. The third-order valence-corrected chi connectivity index (χ3v) is 8.93. The summed E-state index contributed by atoms with van der Waals surface area (Å²) in [6.07, 6.45) is -7.34. The van der Waals surface area contributed by atoms with E-state index in [0.29, 0.717) is 12.1 Å². The zero-order valence-electron chi connectivity index (χ0n) is 26.4. The molecular formula is C35H37F5N4O3. The Kier molecular flexibility index (Phi) is 10.1. The normalized spacial score (nSPS) is 16.1. The molecule has 1 atom stereocenters. The molecule has 4 aromatic rings. The van der Waals surface area contributed by atoms with Crippen molar-refractivity contribution < 1.29 is 36.3 Å². The Morgan fingerprint density at radius 2 is 1.55 bits per heavy atom. The molecule has 3 aromatic carbocycles. The first-order chi connectivity index (χ1) is 22.3. The van der Waals surface area contributed by atoms with E-state index in [1.807, 2.05) is 62.8 Å². The molecule has 0 spiro atoms. The Labute approximate surface area is 269 Å². The molecule has 0 saturated carbocycles. The number of methoxy groups -OCH3 is 1. The molecule has 1 aliphatic rings. The Bertz CT molecular complexity index is 1750. The Balaban J connectivity index is 1.48. The number of amides is 1. The van der Waals surface area contributed by atoms with Crippen LogP contribution in [0.1, 0.15) is 24.0 Å². The third-order valence-electron chi connectivity index (χ3n) is 8.93. The van der Waals surface area contributed by atoms with E-state index in [4.69, 9.17) is 9.72 Å². The number of hydrogen-bond donors (Lipinski definition) is 1. The molecular weight excluding hydrogens is 619 g/mol. The van der Waals surface area contributed by atoms with Crippen molar-refractivity contribution in [3.8, 4) is 11.3 Å². The number of piperidine rings is 1. The fourth-order valence-electron chi connectivity index (χ4n) is 6.50. The van der Waals surface area contributed by atoms with Gasteiger partial charge >= 0.3 is 12.1 Å². The second kappa shape index (κ2) is 13.9. The van der Waals surface area contributed by atoms with Crippen LogP contribution in [0.15, 0.2) is 66.9 Å². The van der Waals surface area contributed by atoms with E-state index in [1.54, 1.807) is 12.1 Å². The van der Waals surface area contributed by atoms with Gasteiger partial charge in [-0.3, -0.25) is 14.7 Å². The maximum Gasteiger partial charge on any atom is 0.403 e. The summed E-state index contributed by atoms with van der Waals surface area (Å²) in [6, 6.07) is 17.7. The smallest absolute Gasteiger partial charge is 0.403 e. The van der Waals surface area contributed by atoms with Crippen LogP contribution < -0.4 is 5.32 Å². The fraction of sp³-hybridized carbons (Fsp3) is 0.400. The average molecular weight is 657 g/mol. The average Bonchev–Trinajstić information content (AvgIpc) is 3.03. The van der Waals surface area contributed by atoms with Crippen molar-refractivity contribution in [1.82, 2.24) is 20.1 Å². The summed E-state index contributed by atoms with van der Waals surface area (Å²) in [5, 5.41) is 5.90. The molecule has 1 saturated heterocycles. The summed E-state index contributed by atoms with van der Waals surface area (Å²) < 4.78 is 74.0. The van der Waals surface area contributed by atoms with Gasteiger partial charge in [0.2, 0.25) is 5.91 Å². The van der Waals surface area contributed by atoms with Crippen LogP contribution in [0.3, 0.4) is 0 Å². The monoisotopic (exact) mass is 656 g/mol. The fourth-order valence-corrected chi connectivity index (χ4v) is 6.50. The zero-order chi connectivity index (χ0) is 33.9. The highest BCUT2D eigenvalue weighted by Gasteiger charge is 2.61. The quantitative estimate of drug-likeness (QED) is 0.161. The Morgan fingerprint density at radius 1 is 0.936 bits per heavy atom. The van der Waals surface area contributed by atoms with Crippen LogP contribution in [0.4, 0.5) is 22.0 Å². The molecule has 1 amide bonds. The number of alkyl halides is 5. The molecule has 0 radical (unpaired) electrons. The molecule has 1 aromatic heterocycles. The molecule has 7 nitrogen and oxygen atoms in total. The summed E-state index contributed by atoms with van der Waals surface area (Å²) in [4.78, 5) is 34.5. The number of rotatable bonds is 10. The van der Waals surface area contributed by atoms with Crippen LogP contribution in [0.2, 0.25) is 0 Å². The van der Waals surface area contributed by atoms with Gasteiger partial charge in [0.05, 0.1) is 19.3 Å². The van der Waals surface area contributed by atoms with Gasteiger partial charge in [-0.2, -0.15) is 13.2 Å². The molecule has 5 rings (SSSR count). The number of esters is 1. The summed E-state index contributed by atoms with van der Waals surface area (Å²) in [5.74, 6) is -2.27. The lowest BCUT2D eigenvalue weighted by molar-refractivity contribution is -0.233. The number of nitrogens with one attached hydrogen (secondary N) is 1. The van der Waals surface area contributed by atoms with Crippen LogP contribution in [0.25, 0.3) is 32.8 Å². The van der Waals surface area contributed by atoms with E-state index in [9.17, 15) is 31.5 Å². The minimum Gasteiger partial charge on any atom is -0.467 e.